The number of amides is 4. The number of carbonyl (C=O) groups is 3. The number of fused-ring (bicyclic) bond motifs is 1. The zero-order valence-corrected chi connectivity index (χ0v) is 18.5. The molecular weight excluding hydrogens is 398 g/mol. The molecular formula is C23H27N3O3S. The number of benzene rings is 1. The van der Waals surface area contributed by atoms with Crippen LogP contribution in [-0.4, -0.2) is 17.8 Å². The number of imide groups is 1. The number of rotatable bonds is 3. The smallest absolute Gasteiger partial charge is 0.321 e. The van der Waals surface area contributed by atoms with Gasteiger partial charge in [0.2, 0.25) is 0 Å². The van der Waals surface area contributed by atoms with E-state index < -0.39 is 17.5 Å². The highest BCUT2D eigenvalue weighted by Crippen LogP contribution is 2.40. The van der Waals surface area contributed by atoms with Gasteiger partial charge in [-0.2, -0.15) is 0 Å². The Balaban J connectivity index is 1.51. The Kier molecular flexibility index (Phi) is 4.97. The topological polar surface area (TPSA) is 87.3 Å². The molecule has 158 valence electrons. The molecule has 1 saturated heterocycles. The van der Waals surface area contributed by atoms with Gasteiger partial charge in [-0.05, 0) is 66.8 Å². The van der Waals surface area contributed by atoms with Crippen molar-refractivity contribution in [3.8, 4) is 0 Å². The van der Waals surface area contributed by atoms with E-state index in [0.717, 1.165) is 19.3 Å². The van der Waals surface area contributed by atoms with Crippen LogP contribution in [0.4, 0.5) is 10.5 Å². The van der Waals surface area contributed by atoms with Gasteiger partial charge in [0.1, 0.15) is 5.54 Å². The molecule has 30 heavy (non-hydrogen) atoms. The van der Waals surface area contributed by atoms with E-state index >= 15 is 0 Å². The summed E-state index contributed by atoms with van der Waals surface area (Å²) < 4.78 is 0. The van der Waals surface area contributed by atoms with Crippen molar-refractivity contribution in [1.82, 2.24) is 10.6 Å². The number of hydrogen-bond acceptors (Lipinski definition) is 4. The normalized spacial score (nSPS) is 23.5. The molecule has 6 nitrogen and oxygen atoms in total. The summed E-state index contributed by atoms with van der Waals surface area (Å²) in [6.45, 7) is 8.49. The molecule has 2 unspecified atom stereocenters. The first-order valence-electron chi connectivity index (χ1n) is 10.2. The highest BCUT2D eigenvalue weighted by molar-refractivity contribution is 7.14. The number of carbonyl (C=O) groups excluding carboxylic acids is 3. The molecule has 0 radical (unpaired) electrons. The van der Waals surface area contributed by atoms with E-state index in [-0.39, 0.29) is 11.3 Å². The lowest BCUT2D eigenvalue weighted by atomic mass is 9.72. The number of nitrogens with one attached hydrogen (secondary N) is 3. The fourth-order valence-electron chi connectivity index (χ4n) is 4.22. The predicted octanol–water partition coefficient (Wildman–Crippen LogP) is 4.21. The molecule has 0 spiro atoms. The molecule has 2 atom stereocenters. The van der Waals surface area contributed by atoms with E-state index in [1.807, 2.05) is 6.07 Å². The molecule has 2 heterocycles. The van der Waals surface area contributed by atoms with Crippen LogP contribution in [0.3, 0.4) is 0 Å². The standard InChI is InChI=1S/C23H27N3O3S/c1-22(2,3)14-8-9-17-13(10-14)11-18(30-17)19(27)24-16-7-5-6-15(12-16)23(4)20(28)25-21(29)26-23/h5-7,11-12,14H,8-10H2,1-4H3,(H,24,27)(H2,25,26,28,29). The zero-order chi connectivity index (χ0) is 21.7. The van der Waals surface area contributed by atoms with Crippen LogP contribution in [0.15, 0.2) is 30.3 Å². The maximum atomic E-state index is 12.9. The second-order valence-corrected chi connectivity index (χ2v) is 10.6. The lowest BCUT2D eigenvalue weighted by molar-refractivity contribution is -0.123. The van der Waals surface area contributed by atoms with Crippen molar-refractivity contribution < 1.29 is 14.4 Å². The summed E-state index contributed by atoms with van der Waals surface area (Å²) in [5.74, 6) is 0.0694. The average molecular weight is 426 g/mol. The van der Waals surface area contributed by atoms with Gasteiger partial charge in [0.05, 0.1) is 4.88 Å². The Bertz CT molecular complexity index is 1040. The first kappa shape index (κ1) is 20.6. The van der Waals surface area contributed by atoms with Crippen LogP contribution < -0.4 is 16.0 Å². The van der Waals surface area contributed by atoms with Gasteiger partial charge in [0.15, 0.2) is 0 Å². The number of thiophene rings is 1. The molecule has 2 aliphatic rings. The van der Waals surface area contributed by atoms with Crippen molar-refractivity contribution in [3.63, 3.8) is 0 Å². The van der Waals surface area contributed by atoms with Crippen molar-refractivity contribution in [3.05, 3.63) is 51.2 Å². The van der Waals surface area contributed by atoms with Gasteiger partial charge >= 0.3 is 6.03 Å². The molecule has 4 amide bonds. The lowest BCUT2D eigenvalue weighted by Crippen LogP contribution is -2.40. The predicted molar refractivity (Wildman–Crippen MR) is 118 cm³/mol. The average Bonchev–Trinajstić information content (AvgIpc) is 3.21. The van der Waals surface area contributed by atoms with Crippen molar-refractivity contribution >= 4 is 34.9 Å². The molecule has 1 aliphatic carbocycles. The van der Waals surface area contributed by atoms with Crippen molar-refractivity contribution in [1.29, 1.82) is 0 Å². The third kappa shape index (κ3) is 3.74. The van der Waals surface area contributed by atoms with Gasteiger partial charge in [-0.3, -0.25) is 14.9 Å². The summed E-state index contributed by atoms with van der Waals surface area (Å²) >= 11 is 1.57. The number of hydrogen-bond donors (Lipinski definition) is 3. The summed E-state index contributed by atoms with van der Waals surface area (Å²) in [4.78, 5) is 38.7. The van der Waals surface area contributed by atoms with Crippen LogP contribution in [0, 0.1) is 11.3 Å². The Hall–Kier alpha value is -2.67. The summed E-state index contributed by atoms with van der Waals surface area (Å²) in [7, 11) is 0. The van der Waals surface area contributed by atoms with Gasteiger partial charge < -0.3 is 10.6 Å². The summed E-state index contributed by atoms with van der Waals surface area (Å²) in [6, 6.07) is 8.55. The van der Waals surface area contributed by atoms with Crippen LogP contribution in [0.1, 0.15) is 59.8 Å². The monoisotopic (exact) mass is 425 g/mol. The highest BCUT2D eigenvalue weighted by Gasteiger charge is 2.43. The van der Waals surface area contributed by atoms with Crippen molar-refractivity contribution in [2.24, 2.45) is 11.3 Å². The highest BCUT2D eigenvalue weighted by atomic mass is 32.1. The van der Waals surface area contributed by atoms with E-state index in [0.29, 0.717) is 22.0 Å². The van der Waals surface area contributed by atoms with Gasteiger partial charge in [-0.25, -0.2) is 4.79 Å². The number of urea groups is 1. The number of aryl methyl sites for hydroxylation is 1. The molecule has 7 heteroatoms. The van der Waals surface area contributed by atoms with Crippen LogP contribution in [0.2, 0.25) is 0 Å². The maximum absolute atomic E-state index is 12.9. The number of anilines is 1. The Morgan fingerprint density at radius 2 is 2.00 bits per heavy atom. The largest absolute Gasteiger partial charge is 0.322 e. The summed E-state index contributed by atoms with van der Waals surface area (Å²) in [6.07, 6.45) is 3.20. The fraction of sp³-hybridized carbons (Fsp3) is 0.435. The minimum atomic E-state index is -1.15. The molecule has 0 saturated carbocycles. The van der Waals surface area contributed by atoms with E-state index in [1.165, 1.54) is 10.4 Å². The Morgan fingerprint density at radius 1 is 1.23 bits per heavy atom. The molecule has 0 bridgehead atoms. The van der Waals surface area contributed by atoms with Crippen molar-refractivity contribution in [2.75, 3.05) is 5.32 Å². The second kappa shape index (κ2) is 7.23. The first-order chi connectivity index (χ1) is 14.1. The molecule has 2 aromatic rings. The van der Waals surface area contributed by atoms with Crippen molar-refractivity contribution in [2.45, 2.75) is 52.5 Å². The molecule has 1 aromatic carbocycles. The van der Waals surface area contributed by atoms with E-state index in [1.54, 1.807) is 42.5 Å². The minimum Gasteiger partial charge on any atom is -0.321 e. The van der Waals surface area contributed by atoms with Gasteiger partial charge in [0, 0.05) is 10.6 Å². The van der Waals surface area contributed by atoms with E-state index in [4.69, 9.17) is 0 Å². The van der Waals surface area contributed by atoms with E-state index in [2.05, 4.69) is 36.7 Å². The first-order valence-corrected chi connectivity index (χ1v) is 11.0. The molecule has 4 rings (SSSR count). The minimum absolute atomic E-state index is 0.149. The molecule has 3 N–H and O–H groups in total. The Labute approximate surface area is 180 Å². The molecule has 1 aliphatic heterocycles. The van der Waals surface area contributed by atoms with E-state index in [9.17, 15) is 14.4 Å². The second-order valence-electron chi connectivity index (χ2n) is 9.43. The molecule has 1 aromatic heterocycles. The maximum Gasteiger partial charge on any atom is 0.322 e. The lowest BCUT2D eigenvalue weighted by Gasteiger charge is -2.33. The fourth-order valence-corrected chi connectivity index (χ4v) is 5.33. The van der Waals surface area contributed by atoms with Crippen LogP contribution >= 0.6 is 11.3 Å². The quantitative estimate of drug-likeness (QED) is 0.644. The molecule has 1 fully saturated rings. The summed E-state index contributed by atoms with van der Waals surface area (Å²) in [5.41, 5.74) is 1.61. The Morgan fingerprint density at radius 3 is 2.67 bits per heavy atom. The zero-order valence-electron chi connectivity index (χ0n) is 17.7. The third-order valence-electron chi connectivity index (χ3n) is 6.27. The van der Waals surface area contributed by atoms with Crippen LogP contribution in [-0.2, 0) is 23.2 Å². The SMILES string of the molecule is CC1(c2cccc(NC(=O)c3cc4c(s3)CCC(C(C)(C)C)C4)c2)NC(=O)NC1=O. The van der Waals surface area contributed by atoms with Gasteiger partial charge in [-0.15, -0.1) is 11.3 Å². The third-order valence-corrected chi connectivity index (χ3v) is 7.51. The van der Waals surface area contributed by atoms with Gasteiger partial charge in [0.25, 0.3) is 11.8 Å². The van der Waals surface area contributed by atoms with Gasteiger partial charge in [-0.1, -0.05) is 32.9 Å². The summed E-state index contributed by atoms with van der Waals surface area (Å²) in [5, 5.41) is 7.85. The van der Waals surface area contributed by atoms with Crippen LogP contribution in [0.25, 0.3) is 0 Å². The van der Waals surface area contributed by atoms with Crippen LogP contribution in [0.5, 0.6) is 0 Å².